The first-order valence-electron chi connectivity index (χ1n) is 47.0. The molecule has 4 aromatic carbocycles. The highest BCUT2D eigenvalue weighted by Crippen LogP contribution is 2.40. The van der Waals surface area contributed by atoms with Gasteiger partial charge in [0, 0.05) is 97.2 Å². The average molecular weight is 2050 g/mol. The molecule has 10 rings (SSSR count). The molecule has 0 aliphatic heterocycles. The summed E-state index contributed by atoms with van der Waals surface area (Å²) in [5, 5.41) is 27.6. The van der Waals surface area contributed by atoms with E-state index in [0.29, 0.717) is 110 Å². The Balaban J connectivity index is 0.000000400. The van der Waals surface area contributed by atoms with Crippen molar-refractivity contribution >= 4 is 117 Å². The topological polar surface area (TPSA) is 286 Å². The van der Waals surface area contributed by atoms with Gasteiger partial charge in [0.15, 0.2) is 0 Å². The molecule has 6 aromatic heterocycles. The van der Waals surface area contributed by atoms with Crippen LogP contribution in [0.25, 0.3) is 0 Å². The number of esters is 4. The van der Waals surface area contributed by atoms with Crippen molar-refractivity contribution in [2.45, 2.75) is 211 Å². The lowest BCUT2D eigenvalue weighted by Crippen LogP contribution is -2.34. The number of phenolic OH excluding ortho intramolecular Hbond substituents is 2. The second-order valence-electron chi connectivity index (χ2n) is 37.5. The summed E-state index contributed by atoms with van der Waals surface area (Å²) in [5.41, 5.74) is 11.0. The summed E-state index contributed by atoms with van der Waals surface area (Å²) >= 11 is 23.1. The fourth-order valence-electron chi connectivity index (χ4n) is 14.8. The second kappa shape index (κ2) is 61.2. The number of nitrogens with one attached hydrogen (secondary N) is 2. The van der Waals surface area contributed by atoms with Crippen LogP contribution in [-0.2, 0) is 124 Å². The monoisotopic (exact) mass is 2050 g/mol. The number of carbonyl (C=O) groups excluding carboxylic acids is 4. The van der Waals surface area contributed by atoms with Crippen LogP contribution in [0.2, 0.25) is 13.0 Å². The van der Waals surface area contributed by atoms with E-state index in [0.717, 1.165) is 129 Å². The Morgan fingerprint density at radius 3 is 1.02 bits per heavy atom. The van der Waals surface area contributed by atoms with E-state index in [4.69, 9.17) is 82.2 Å². The summed E-state index contributed by atoms with van der Waals surface area (Å²) in [7, 11) is 0. The molecule has 0 amide bonds. The lowest BCUT2D eigenvalue weighted by Gasteiger charge is -2.26. The molecule has 0 aliphatic carbocycles. The first-order chi connectivity index (χ1) is 65.8. The molecule has 766 valence electrons. The molecule has 0 unspecified atom stereocenters. The normalized spacial score (nSPS) is 11.4. The van der Waals surface area contributed by atoms with Gasteiger partial charge in [0.05, 0.1) is 92.0 Å². The molecule has 0 saturated heterocycles. The van der Waals surface area contributed by atoms with Crippen LogP contribution in [0.5, 0.6) is 23.0 Å². The first kappa shape index (κ1) is 119. The number of ether oxygens (including phenoxy) is 10. The minimum atomic E-state index is -0.297. The van der Waals surface area contributed by atoms with Gasteiger partial charge in [-0.05, 0) is 222 Å². The molecule has 0 atom stereocenters. The number of aryl methyl sites for hydroxylation is 7. The van der Waals surface area contributed by atoms with Crippen molar-refractivity contribution in [2.75, 3.05) is 147 Å². The van der Waals surface area contributed by atoms with Crippen LogP contribution >= 0.6 is 68.8 Å². The van der Waals surface area contributed by atoms with E-state index < -0.39 is 0 Å². The number of anilines is 3. The quantitative estimate of drug-likeness (QED) is 0.00906. The van der Waals surface area contributed by atoms with Crippen molar-refractivity contribution < 1.29 is 81.5 Å². The molecule has 25 nitrogen and oxygen atoms in total. The molecule has 10 aromatic rings. The Morgan fingerprint density at radius 2 is 0.707 bits per heavy atom. The summed E-state index contributed by atoms with van der Waals surface area (Å²) in [6.07, 6.45) is 8.51. The number of hydrogen-bond acceptors (Lipinski definition) is 28. The van der Waals surface area contributed by atoms with Crippen molar-refractivity contribution in [3.05, 3.63) is 253 Å². The zero-order chi connectivity index (χ0) is 100. The molecular weight excluding hydrogens is 1900 g/mol. The maximum Gasteiger partial charge on any atom is 0.306 e. The number of halogens is 4. The Labute approximate surface area is 856 Å². The fraction of sp³-hybridized carbons (Fsp3) is 0.481. The van der Waals surface area contributed by atoms with Crippen molar-refractivity contribution in [1.29, 1.82) is 0 Å². The predicted molar refractivity (Wildman–Crippen MR) is 568 cm³/mol. The molecule has 0 bridgehead atoms. The molecule has 0 aliphatic rings. The number of pyridine rings is 3. The zero-order valence-corrected chi connectivity index (χ0v) is 88.4. The average Bonchev–Trinajstić information content (AvgIpc) is 1.01. The van der Waals surface area contributed by atoms with Crippen LogP contribution in [0.1, 0.15) is 198 Å². The van der Waals surface area contributed by atoms with Crippen LogP contribution in [0.15, 0.2) is 163 Å². The van der Waals surface area contributed by atoms with Crippen LogP contribution in [0.4, 0.5) is 22.2 Å². The first-order valence-corrected chi connectivity index (χ1v) is 50.6. The highest BCUT2D eigenvalue weighted by atomic mass is 35.5. The van der Waals surface area contributed by atoms with Gasteiger partial charge in [-0.15, -0.1) is 34.0 Å². The van der Waals surface area contributed by atoms with Gasteiger partial charge in [-0.3, -0.25) is 39.5 Å². The number of nitrogens with zero attached hydrogens (tertiary/aromatic N) is 7. The van der Waals surface area contributed by atoms with Crippen LogP contribution < -0.4 is 34.8 Å². The SMILES string of the molecule is C.C=NCCN(Cc1ccc(Cl)s1)c1ccccn1.Cc1cc(CCC(=O)OCCOCCOCCOC(=O)CCc2cc(C)c(O)c(C(C)(C)C)c2)cc(C(C)(C)C)c1O.Cc1cc(CCC(=O)OCCOCCOCCOC(=O)CCc2cc(OCNCCN(Cc3ccc(Cl)s3)c3ccccn3)c(C)c(C(C)(C)C)c2)cc(C(C)(C)C)c1OCNCCN(Cc1ccc(Cl)s1)c1ccccn1.F. The van der Waals surface area contributed by atoms with Crippen molar-refractivity contribution in [3.8, 4) is 23.0 Å². The molecule has 4 N–H and O–H groups in total. The number of benzene rings is 4. The van der Waals surface area contributed by atoms with E-state index in [1.807, 2.05) is 172 Å². The van der Waals surface area contributed by atoms with Gasteiger partial charge in [-0.2, -0.15) is 0 Å². The number of phenols is 2. The summed E-state index contributed by atoms with van der Waals surface area (Å²) in [5.74, 6) is 3.83. The minimum Gasteiger partial charge on any atom is -0.507 e. The second-order valence-corrected chi connectivity index (χ2v) is 42.9. The van der Waals surface area contributed by atoms with Crippen molar-refractivity contribution in [3.63, 3.8) is 0 Å². The van der Waals surface area contributed by atoms with Gasteiger partial charge in [0.1, 0.15) is 80.3 Å². The molecule has 0 saturated carbocycles. The van der Waals surface area contributed by atoms with Crippen LogP contribution in [0, 0.1) is 27.7 Å². The third-order valence-corrected chi connectivity index (χ3v) is 25.7. The molecule has 32 heteroatoms. The summed E-state index contributed by atoms with van der Waals surface area (Å²) in [4.78, 5) is 77.3. The van der Waals surface area contributed by atoms with Gasteiger partial charge in [-0.25, -0.2) is 15.0 Å². The molecular formula is C108H147Cl3FN9O16S3. The van der Waals surface area contributed by atoms with Crippen molar-refractivity contribution in [2.24, 2.45) is 4.99 Å². The van der Waals surface area contributed by atoms with E-state index in [2.05, 4.69) is 131 Å². The van der Waals surface area contributed by atoms with E-state index in [-0.39, 0.29) is 136 Å². The Bertz CT molecular complexity index is 5290. The number of aliphatic imine (C=N–C) groups is 1. The fourth-order valence-corrected chi connectivity index (χ4v) is 18.1. The summed E-state index contributed by atoms with van der Waals surface area (Å²) in [6, 6.07) is 45.8. The van der Waals surface area contributed by atoms with Gasteiger partial charge < -0.3 is 72.3 Å². The standard InChI is InChI=1S/C60H78Cl2N6O8S2.C34H50O8.C13H14ClN3S.CH4.FH/c1-43-35-45(37-50(60(6,7)8)58(43)76-42-64-26-28-68(55-14-10-12-24-66-55)40-48-18-20-53(62)78-48)15-21-56(69)73-33-31-71-29-30-72-32-34-74-57(70)22-16-46-36-49(59(3,4)5)44(2)51(38-46)75-41-63-25-27-67(54-13-9-11-23-65-54)39-47-17-19-52(61)77-47;1-23-19-25(21-27(31(23)37)33(3,4)5)9-11-29(35)41-17-15-39-13-14-40-16-18-42-30(36)12-10-26-20-24(2)32(38)28(22-26)34(6,7)8;1-15-8-9-17(13-4-2-3-7-16-13)10-11-5-6-12(14)18-11;;/h9-14,17-20,23-24,35-38,63-64H,15-16,21-22,25-34,39-42H2,1-8H3;19-22,37-38H,9-18H2,1-8H3;2-7H,1,8-10H2;1H4;1H. The van der Waals surface area contributed by atoms with Crippen LogP contribution in [-0.4, -0.2) is 188 Å². The number of hydrogen-bond donors (Lipinski definition) is 4. The molecule has 0 radical (unpaired) electrons. The third-order valence-electron chi connectivity index (χ3n) is 22.0. The third kappa shape index (κ3) is 43.1. The molecule has 0 spiro atoms. The van der Waals surface area contributed by atoms with Gasteiger partial charge in [0.25, 0.3) is 0 Å². The maximum absolute atomic E-state index is 12.8. The largest absolute Gasteiger partial charge is 0.507 e. The van der Waals surface area contributed by atoms with Crippen LogP contribution in [0.3, 0.4) is 0 Å². The molecule has 140 heavy (non-hydrogen) atoms. The Hall–Kier alpha value is -9.86. The number of carbonyl (C=O) groups is 4. The number of aromatic hydroxyl groups is 2. The summed E-state index contributed by atoms with van der Waals surface area (Å²) in [6.45, 7) is 46.8. The van der Waals surface area contributed by atoms with Gasteiger partial charge >= 0.3 is 23.9 Å². The minimum absolute atomic E-state index is 0. The lowest BCUT2D eigenvalue weighted by molar-refractivity contribution is -0.146. The highest BCUT2D eigenvalue weighted by molar-refractivity contribution is 7.16. The lowest BCUT2D eigenvalue weighted by atomic mass is 9.82. The number of aromatic nitrogens is 3. The van der Waals surface area contributed by atoms with Gasteiger partial charge in [-0.1, -0.05) is 186 Å². The van der Waals surface area contributed by atoms with E-state index in [1.54, 1.807) is 52.6 Å². The van der Waals surface area contributed by atoms with E-state index >= 15 is 0 Å². The van der Waals surface area contributed by atoms with Gasteiger partial charge in [0.2, 0.25) is 0 Å². The van der Waals surface area contributed by atoms with Crippen molar-refractivity contribution in [1.82, 2.24) is 25.6 Å². The number of thiophene rings is 3. The number of rotatable bonds is 54. The zero-order valence-electron chi connectivity index (χ0n) is 83.6. The Morgan fingerprint density at radius 1 is 0.400 bits per heavy atom. The molecule has 0 fully saturated rings. The molecule has 6 heterocycles. The Kier molecular flexibility index (Phi) is 52.0. The highest BCUT2D eigenvalue weighted by Gasteiger charge is 2.27. The van der Waals surface area contributed by atoms with E-state index in [1.165, 1.54) is 20.2 Å². The van der Waals surface area contributed by atoms with E-state index in [9.17, 15) is 29.4 Å². The predicted octanol–water partition coefficient (Wildman–Crippen LogP) is 22.4. The maximum atomic E-state index is 12.8. The smallest absolute Gasteiger partial charge is 0.306 e. The summed E-state index contributed by atoms with van der Waals surface area (Å²) < 4.78 is 58.6.